The van der Waals surface area contributed by atoms with Gasteiger partial charge >= 0.3 is 0 Å². The van der Waals surface area contributed by atoms with Gasteiger partial charge in [-0.2, -0.15) is 5.26 Å². The third kappa shape index (κ3) is 2.38. The highest BCUT2D eigenvalue weighted by atomic mass is 16.1. The minimum Gasteiger partial charge on any atom is -0.366 e. The maximum absolute atomic E-state index is 11.6. The van der Waals surface area contributed by atoms with E-state index in [0.29, 0.717) is 18.6 Å². The first-order valence-electron chi connectivity index (χ1n) is 5.17. The Labute approximate surface area is 91.4 Å². The zero-order valence-corrected chi connectivity index (χ0v) is 9.87. The van der Waals surface area contributed by atoms with Gasteiger partial charge in [-0.3, -0.25) is 4.79 Å². The third-order valence-corrected chi connectivity index (χ3v) is 2.86. The molecular formula is C12H18N2O. The van der Waals surface area contributed by atoms with Gasteiger partial charge in [-0.25, -0.2) is 0 Å². The summed E-state index contributed by atoms with van der Waals surface area (Å²) in [6, 6.07) is 1.99. The first-order chi connectivity index (χ1) is 6.79. The average Bonchev–Trinajstić information content (AvgIpc) is 1.98. The molecule has 0 spiro atoms. The quantitative estimate of drug-likeness (QED) is 0.618. The molecule has 0 aromatic heterocycles. The van der Waals surface area contributed by atoms with Crippen LogP contribution < -0.4 is 0 Å². The van der Waals surface area contributed by atoms with Gasteiger partial charge in [0, 0.05) is 36.2 Å². The second-order valence-electron chi connectivity index (χ2n) is 5.33. The van der Waals surface area contributed by atoms with Crippen LogP contribution in [0.25, 0.3) is 0 Å². The number of piperidine rings is 1. The topological polar surface area (TPSA) is 44.1 Å². The molecule has 0 aliphatic carbocycles. The number of carbonyl (C=O) groups excluding carboxylic acids is 1. The molecule has 0 bridgehead atoms. The zero-order valence-electron chi connectivity index (χ0n) is 9.87. The van der Waals surface area contributed by atoms with Gasteiger partial charge in [0.05, 0.1) is 6.07 Å². The molecule has 1 rings (SSSR count). The molecule has 1 heterocycles. The summed E-state index contributed by atoms with van der Waals surface area (Å²) < 4.78 is 0. The highest BCUT2D eigenvalue weighted by Crippen LogP contribution is 2.36. The molecule has 1 aliphatic heterocycles. The Morgan fingerprint density at radius 2 is 1.73 bits per heavy atom. The molecule has 15 heavy (non-hydrogen) atoms. The van der Waals surface area contributed by atoms with E-state index >= 15 is 0 Å². The molecule has 0 radical (unpaired) electrons. The Kier molecular flexibility index (Phi) is 2.90. The van der Waals surface area contributed by atoms with Crippen LogP contribution in [0, 0.1) is 11.3 Å². The minimum absolute atomic E-state index is 0.202. The molecule has 3 heteroatoms. The number of rotatable bonds is 1. The molecule has 82 valence electrons. The number of hydrogen-bond acceptors (Lipinski definition) is 3. The van der Waals surface area contributed by atoms with Crippen molar-refractivity contribution >= 4 is 5.78 Å². The molecule has 0 aromatic rings. The predicted molar refractivity (Wildman–Crippen MR) is 59.0 cm³/mol. The van der Waals surface area contributed by atoms with Crippen molar-refractivity contribution in [2.75, 3.05) is 0 Å². The number of allylic oxidation sites excluding steroid dienone is 1. The number of ketones is 1. The summed E-state index contributed by atoms with van der Waals surface area (Å²) in [5.74, 6) is 0.298. The standard InChI is InChI=1S/C12H18N2O/c1-11(2)8-10(15)9-12(3,4)14(11)7-5-6-13/h5,7H,8-9H2,1-4H3/b7-5-. The van der Waals surface area contributed by atoms with Gasteiger partial charge in [-0.15, -0.1) is 0 Å². The monoisotopic (exact) mass is 206 g/mol. The summed E-state index contributed by atoms with van der Waals surface area (Å²) in [6.45, 7) is 8.14. The molecule has 3 nitrogen and oxygen atoms in total. The number of carbonyl (C=O) groups is 1. The van der Waals surface area contributed by atoms with Gasteiger partial charge in [0.2, 0.25) is 0 Å². The first kappa shape index (κ1) is 11.8. The summed E-state index contributed by atoms with van der Waals surface area (Å²) >= 11 is 0. The number of nitriles is 1. The summed E-state index contributed by atoms with van der Waals surface area (Å²) in [5.41, 5.74) is -0.404. The Morgan fingerprint density at radius 1 is 1.27 bits per heavy atom. The van der Waals surface area contributed by atoms with Crippen molar-refractivity contribution in [2.24, 2.45) is 0 Å². The number of Topliss-reactive ketones (excluding diaryl/α,β-unsaturated/α-hetero) is 1. The minimum atomic E-state index is -0.202. The molecule has 0 aromatic carbocycles. The van der Waals surface area contributed by atoms with E-state index in [-0.39, 0.29) is 11.1 Å². The fourth-order valence-electron chi connectivity index (χ4n) is 2.53. The van der Waals surface area contributed by atoms with E-state index in [1.165, 1.54) is 6.08 Å². The summed E-state index contributed by atoms with van der Waals surface area (Å²) in [6.07, 6.45) is 4.37. The third-order valence-electron chi connectivity index (χ3n) is 2.86. The normalized spacial score (nSPS) is 24.2. The zero-order chi connectivity index (χ0) is 11.7. The molecule has 1 aliphatic rings. The van der Waals surface area contributed by atoms with Crippen molar-refractivity contribution in [1.82, 2.24) is 4.90 Å². The van der Waals surface area contributed by atoms with E-state index in [2.05, 4.69) is 4.90 Å². The maximum Gasteiger partial charge on any atom is 0.137 e. The Bertz CT molecular complexity index is 314. The predicted octanol–water partition coefficient (Wildman–Crippen LogP) is 2.25. The molecule has 0 N–H and O–H groups in total. The second kappa shape index (κ2) is 3.69. The highest BCUT2D eigenvalue weighted by molar-refractivity contribution is 5.81. The lowest BCUT2D eigenvalue weighted by Gasteiger charge is -2.51. The van der Waals surface area contributed by atoms with Crippen molar-refractivity contribution in [2.45, 2.75) is 51.6 Å². The van der Waals surface area contributed by atoms with E-state index in [1.807, 2.05) is 33.8 Å². The van der Waals surface area contributed by atoms with Crippen LogP contribution in [-0.4, -0.2) is 21.8 Å². The average molecular weight is 206 g/mol. The van der Waals surface area contributed by atoms with E-state index in [0.717, 1.165) is 0 Å². The summed E-state index contributed by atoms with van der Waals surface area (Å²) in [7, 11) is 0. The fraction of sp³-hybridized carbons (Fsp3) is 0.667. The van der Waals surface area contributed by atoms with Gasteiger partial charge in [-0.1, -0.05) is 0 Å². The summed E-state index contributed by atoms with van der Waals surface area (Å²) in [5, 5.41) is 8.56. The van der Waals surface area contributed by atoms with Crippen molar-refractivity contribution in [1.29, 1.82) is 5.26 Å². The van der Waals surface area contributed by atoms with Crippen LogP contribution in [0.5, 0.6) is 0 Å². The van der Waals surface area contributed by atoms with Gasteiger partial charge in [0.15, 0.2) is 0 Å². The van der Waals surface area contributed by atoms with Crippen LogP contribution in [-0.2, 0) is 4.79 Å². The van der Waals surface area contributed by atoms with Crippen molar-refractivity contribution in [3.63, 3.8) is 0 Å². The fourth-order valence-corrected chi connectivity index (χ4v) is 2.53. The molecule has 0 atom stereocenters. The van der Waals surface area contributed by atoms with Crippen LogP contribution in [0.15, 0.2) is 12.3 Å². The Balaban J connectivity index is 3.03. The van der Waals surface area contributed by atoms with E-state index in [4.69, 9.17) is 5.26 Å². The number of likely N-dealkylation sites (tertiary alicyclic amines) is 1. The molecule has 0 saturated carbocycles. The van der Waals surface area contributed by atoms with Crippen molar-refractivity contribution in [3.05, 3.63) is 12.3 Å². The molecular weight excluding hydrogens is 188 g/mol. The molecule has 0 unspecified atom stereocenters. The Hall–Kier alpha value is -1.30. The van der Waals surface area contributed by atoms with Gasteiger partial charge in [-0.05, 0) is 27.7 Å². The molecule has 1 fully saturated rings. The number of nitrogens with zero attached hydrogens (tertiary/aromatic N) is 2. The first-order valence-corrected chi connectivity index (χ1v) is 5.17. The maximum atomic E-state index is 11.6. The van der Waals surface area contributed by atoms with Crippen LogP contribution in [0.3, 0.4) is 0 Å². The van der Waals surface area contributed by atoms with Gasteiger partial charge in [0.25, 0.3) is 0 Å². The van der Waals surface area contributed by atoms with Crippen LogP contribution in [0.4, 0.5) is 0 Å². The highest BCUT2D eigenvalue weighted by Gasteiger charge is 2.42. The smallest absolute Gasteiger partial charge is 0.137 e. The van der Waals surface area contributed by atoms with Crippen LogP contribution >= 0.6 is 0 Å². The van der Waals surface area contributed by atoms with Crippen LogP contribution in [0.1, 0.15) is 40.5 Å². The lowest BCUT2D eigenvalue weighted by molar-refractivity contribution is -0.130. The molecule has 0 amide bonds. The van der Waals surface area contributed by atoms with E-state index < -0.39 is 0 Å². The van der Waals surface area contributed by atoms with Crippen molar-refractivity contribution in [3.8, 4) is 6.07 Å². The van der Waals surface area contributed by atoms with Crippen LogP contribution in [0.2, 0.25) is 0 Å². The van der Waals surface area contributed by atoms with E-state index in [9.17, 15) is 4.79 Å². The lowest BCUT2D eigenvalue weighted by Crippen LogP contribution is -2.58. The van der Waals surface area contributed by atoms with Crippen molar-refractivity contribution < 1.29 is 4.79 Å². The molecule has 1 saturated heterocycles. The van der Waals surface area contributed by atoms with E-state index in [1.54, 1.807) is 6.20 Å². The second-order valence-corrected chi connectivity index (χ2v) is 5.33. The summed E-state index contributed by atoms with van der Waals surface area (Å²) in [4.78, 5) is 13.7. The largest absolute Gasteiger partial charge is 0.366 e. The SMILES string of the molecule is CC1(C)CC(=O)CC(C)(C)N1/C=C\C#N. The van der Waals surface area contributed by atoms with Gasteiger partial charge < -0.3 is 4.90 Å². The number of hydrogen-bond donors (Lipinski definition) is 0. The Morgan fingerprint density at radius 3 is 2.13 bits per heavy atom. The van der Waals surface area contributed by atoms with Gasteiger partial charge in [0.1, 0.15) is 5.78 Å². The lowest BCUT2D eigenvalue weighted by atomic mass is 9.79.